The van der Waals surface area contributed by atoms with Crippen molar-refractivity contribution in [2.24, 2.45) is 0 Å². The molecule has 0 amide bonds. The van der Waals surface area contributed by atoms with Crippen LogP contribution >= 0.6 is 0 Å². The second kappa shape index (κ2) is 3.86. The fourth-order valence-corrected chi connectivity index (χ4v) is 1.72. The number of rotatable bonds is 3. The summed E-state index contributed by atoms with van der Waals surface area (Å²) >= 11 is 0. The van der Waals surface area contributed by atoms with Gasteiger partial charge in [0.05, 0.1) is 7.11 Å². The number of aliphatic hydroxyl groups is 1. The molecular formula is C11H11NO4. The van der Waals surface area contributed by atoms with Gasteiger partial charge < -0.3 is 19.9 Å². The Labute approximate surface area is 91.3 Å². The number of nitrogens with one attached hydrogen (secondary N) is 1. The molecule has 1 atom stereocenters. The molecule has 0 bridgehead atoms. The van der Waals surface area contributed by atoms with E-state index in [-0.39, 0.29) is 5.56 Å². The van der Waals surface area contributed by atoms with Gasteiger partial charge in [-0.1, -0.05) is 0 Å². The molecule has 1 aromatic heterocycles. The second-order valence-electron chi connectivity index (χ2n) is 3.36. The Bertz CT molecular complexity index is 532. The SMILES string of the molecule is COc1ccc2[nH]ccc2c1C(O)C(=O)O. The van der Waals surface area contributed by atoms with E-state index in [9.17, 15) is 9.90 Å². The highest BCUT2D eigenvalue weighted by molar-refractivity contribution is 5.90. The van der Waals surface area contributed by atoms with Crippen LogP contribution in [0.2, 0.25) is 0 Å². The van der Waals surface area contributed by atoms with Crippen LogP contribution < -0.4 is 4.74 Å². The molecule has 0 saturated carbocycles. The fourth-order valence-electron chi connectivity index (χ4n) is 1.72. The molecule has 2 rings (SSSR count). The molecular weight excluding hydrogens is 210 g/mol. The number of hydrogen-bond acceptors (Lipinski definition) is 3. The molecule has 0 radical (unpaired) electrons. The van der Waals surface area contributed by atoms with E-state index in [1.165, 1.54) is 7.11 Å². The van der Waals surface area contributed by atoms with Crippen LogP contribution in [-0.2, 0) is 4.79 Å². The van der Waals surface area contributed by atoms with Crippen molar-refractivity contribution >= 4 is 16.9 Å². The van der Waals surface area contributed by atoms with Crippen molar-refractivity contribution in [1.29, 1.82) is 0 Å². The van der Waals surface area contributed by atoms with Crippen LogP contribution in [0.25, 0.3) is 10.9 Å². The summed E-state index contributed by atoms with van der Waals surface area (Å²) in [6, 6.07) is 5.10. The maximum Gasteiger partial charge on any atom is 0.337 e. The summed E-state index contributed by atoms with van der Waals surface area (Å²) < 4.78 is 5.06. The van der Waals surface area contributed by atoms with Crippen molar-refractivity contribution < 1.29 is 19.7 Å². The number of carboxylic acid groups (broad SMARTS) is 1. The first kappa shape index (κ1) is 10.5. The van der Waals surface area contributed by atoms with Crippen LogP contribution in [0.4, 0.5) is 0 Å². The summed E-state index contributed by atoms with van der Waals surface area (Å²) in [5.74, 6) is -0.936. The predicted octanol–water partition coefficient (Wildman–Crippen LogP) is 1.29. The van der Waals surface area contributed by atoms with E-state index in [0.29, 0.717) is 11.1 Å². The molecule has 0 spiro atoms. The molecule has 16 heavy (non-hydrogen) atoms. The smallest absolute Gasteiger partial charge is 0.337 e. The number of aliphatic hydroxyl groups excluding tert-OH is 1. The molecule has 1 aromatic carbocycles. The predicted molar refractivity (Wildman–Crippen MR) is 57.4 cm³/mol. The van der Waals surface area contributed by atoms with Gasteiger partial charge in [0.25, 0.3) is 0 Å². The number of fused-ring (bicyclic) bond motifs is 1. The number of aromatic amines is 1. The Morgan fingerprint density at radius 1 is 1.44 bits per heavy atom. The molecule has 84 valence electrons. The standard InChI is InChI=1S/C11H11NO4/c1-16-8-3-2-7-6(4-5-12-7)9(8)10(13)11(14)15/h2-5,10,12-13H,1H3,(H,14,15). The summed E-state index contributed by atoms with van der Waals surface area (Å²) in [7, 11) is 1.44. The number of carbonyl (C=O) groups is 1. The van der Waals surface area contributed by atoms with Gasteiger partial charge in [-0.15, -0.1) is 0 Å². The zero-order valence-electron chi connectivity index (χ0n) is 8.60. The van der Waals surface area contributed by atoms with E-state index in [4.69, 9.17) is 9.84 Å². The molecule has 1 unspecified atom stereocenters. The lowest BCUT2D eigenvalue weighted by molar-refractivity contribution is -0.146. The molecule has 0 saturated heterocycles. The quantitative estimate of drug-likeness (QED) is 0.729. The first-order valence-electron chi connectivity index (χ1n) is 4.70. The van der Waals surface area contributed by atoms with E-state index in [1.54, 1.807) is 24.4 Å². The Hall–Kier alpha value is -2.01. The Morgan fingerprint density at radius 2 is 2.19 bits per heavy atom. The Morgan fingerprint density at radius 3 is 2.81 bits per heavy atom. The molecule has 0 aliphatic carbocycles. The summed E-state index contributed by atoms with van der Waals surface area (Å²) in [4.78, 5) is 13.8. The monoisotopic (exact) mass is 221 g/mol. The number of aromatic nitrogens is 1. The van der Waals surface area contributed by atoms with Gasteiger partial charge in [0, 0.05) is 22.7 Å². The Balaban J connectivity index is 2.70. The lowest BCUT2D eigenvalue weighted by Gasteiger charge is -2.12. The van der Waals surface area contributed by atoms with Gasteiger partial charge in [-0.05, 0) is 18.2 Å². The summed E-state index contributed by atoms with van der Waals surface area (Å²) in [6.45, 7) is 0. The van der Waals surface area contributed by atoms with E-state index >= 15 is 0 Å². The van der Waals surface area contributed by atoms with E-state index in [0.717, 1.165) is 5.52 Å². The van der Waals surface area contributed by atoms with Gasteiger partial charge in [0.1, 0.15) is 5.75 Å². The summed E-state index contributed by atoms with van der Waals surface area (Å²) in [5, 5.41) is 19.1. The molecule has 3 N–H and O–H groups in total. The summed E-state index contributed by atoms with van der Waals surface area (Å²) in [6.07, 6.45) is 0.0942. The minimum absolute atomic E-state index is 0.272. The topological polar surface area (TPSA) is 82.5 Å². The van der Waals surface area contributed by atoms with Gasteiger partial charge in [-0.3, -0.25) is 0 Å². The first-order chi connectivity index (χ1) is 7.65. The maximum absolute atomic E-state index is 10.8. The van der Waals surface area contributed by atoms with Crippen LogP contribution in [-0.4, -0.2) is 28.3 Å². The van der Waals surface area contributed by atoms with Crippen LogP contribution in [0.15, 0.2) is 24.4 Å². The number of methoxy groups -OCH3 is 1. The average molecular weight is 221 g/mol. The normalized spacial score (nSPS) is 12.6. The lowest BCUT2D eigenvalue weighted by Crippen LogP contribution is -2.12. The molecule has 0 aliphatic rings. The van der Waals surface area contributed by atoms with Crippen molar-refractivity contribution in [3.63, 3.8) is 0 Å². The highest BCUT2D eigenvalue weighted by atomic mass is 16.5. The highest BCUT2D eigenvalue weighted by Crippen LogP contribution is 2.32. The molecule has 5 nitrogen and oxygen atoms in total. The third kappa shape index (κ3) is 1.51. The van der Waals surface area contributed by atoms with Crippen molar-refractivity contribution in [3.8, 4) is 5.75 Å². The number of carboxylic acids is 1. The van der Waals surface area contributed by atoms with Gasteiger partial charge in [-0.2, -0.15) is 0 Å². The first-order valence-corrected chi connectivity index (χ1v) is 4.70. The third-order valence-corrected chi connectivity index (χ3v) is 2.46. The lowest BCUT2D eigenvalue weighted by atomic mass is 10.0. The Kier molecular flexibility index (Phi) is 2.54. The average Bonchev–Trinajstić information content (AvgIpc) is 2.74. The van der Waals surface area contributed by atoms with Gasteiger partial charge in [0.15, 0.2) is 6.10 Å². The largest absolute Gasteiger partial charge is 0.496 e. The third-order valence-electron chi connectivity index (χ3n) is 2.46. The zero-order chi connectivity index (χ0) is 11.7. The minimum Gasteiger partial charge on any atom is -0.496 e. The molecule has 1 heterocycles. The minimum atomic E-state index is -1.59. The van der Waals surface area contributed by atoms with E-state index in [2.05, 4.69) is 4.98 Å². The van der Waals surface area contributed by atoms with Crippen molar-refractivity contribution in [2.75, 3.05) is 7.11 Å². The molecule has 0 aliphatic heterocycles. The van der Waals surface area contributed by atoms with Crippen molar-refractivity contribution in [3.05, 3.63) is 30.0 Å². The summed E-state index contributed by atoms with van der Waals surface area (Å²) in [5.41, 5.74) is 1.03. The van der Waals surface area contributed by atoms with E-state index < -0.39 is 12.1 Å². The van der Waals surface area contributed by atoms with Crippen LogP contribution in [0, 0.1) is 0 Å². The molecule has 5 heteroatoms. The van der Waals surface area contributed by atoms with Crippen molar-refractivity contribution in [1.82, 2.24) is 4.98 Å². The zero-order valence-corrected chi connectivity index (χ0v) is 8.60. The number of H-pyrrole nitrogens is 1. The van der Waals surface area contributed by atoms with Gasteiger partial charge >= 0.3 is 5.97 Å². The van der Waals surface area contributed by atoms with Crippen LogP contribution in [0.3, 0.4) is 0 Å². The number of hydrogen-bond donors (Lipinski definition) is 3. The number of ether oxygens (including phenoxy) is 1. The second-order valence-corrected chi connectivity index (χ2v) is 3.36. The van der Waals surface area contributed by atoms with Crippen LogP contribution in [0.5, 0.6) is 5.75 Å². The van der Waals surface area contributed by atoms with Gasteiger partial charge in [0.2, 0.25) is 0 Å². The molecule has 0 fully saturated rings. The maximum atomic E-state index is 10.8. The fraction of sp³-hybridized carbons (Fsp3) is 0.182. The number of aliphatic carboxylic acids is 1. The van der Waals surface area contributed by atoms with Crippen LogP contribution in [0.1, 0.15) is 11.7 Å². The van der Waals surface area contributed by atoms with Gasteiger partial charge in [-0.25, -0.2) is 4.79 Å². The highest BCUT2D eigenvalue weighted by Gasteiger charge is 2.23. The number of benzene rings is 1. The van der Waals surface area contributed by atoms with Crippen molar-refractivity contribution in [2.45, 2.75) is 6.10 Å². The van der Waals surface area contributed by atoms with E-state index in [1.807, 2.05) is 0 Å². The molecule has 2 aromatic rings.